The lowest BCUT2D eigenvalue weighted by atomic mass is 10.1. The summed E-state index contributed by atoms with van der Waals surface area (Å²) in [4.78, 5) is 23.7. The summed E-state index contributed by atoms with van der Waals surface area (Å²) in [5.41, 5.74) is 1.45. The molecule has 2 aromatic carbocycles. The first-order chi connectivity index (χ1) is 12.2. The van der Waals surface area contributed by atoms with Crippen LogP contribution in [0, 0.1) is 13.8 Å². The summed E-state index contributed by atoms with van der Waals surface area (Å²) in [5.74, 6) is -1.41. The van der Waals surface area contributed by atoms with Gasteiger partial charge in [0.1, 0.15) is 0 Å². The van der Waals surface area contributed by atoms with Gasteiger partial charge in [-0.05, 0) is 49.2 Å². The Kier molecular flexibility index (Phi) is 5.66. The molecule has 8 heteroatoms. The molecule has 1 N–H and O–H groups in total. The van der Waals surface area contributed by atoms with Gasteiger partial charge < -0.3 is 9.47 Å². The maximum absolute atomic E-state index is 12.7. The van der Waals surface area contributed by atoms with Gasteiger partial charge >= 0.3 is 11.9 Å². The third-order valence-corrected chi connectivity index (χ3v) is 5.18. The summed E-state index contributed by atoms with van der Waals surface area (Å²) in [6.45, 7) is 3.46. The molecule has 0 atom stereocenters. The highest BCUT2D eigenvalue weighted by molar-refractivity contribution is 7.92. The minimum atomic E-state index is -3.92. The quantitative estimate of drug-likeness (QED) is 0.805. The maximum atomic E-state index is 12.7. The highest BCUT2D eigenvalue weighted by Crippen LogP contribution is 2.23. The predicted molar refractivity (Wildman–Crippen MR) is 95.8 cm³/mol. The number of carbonyl (C=O) groups is 2. The number of aryl methyl sites for hydroxylation is 2. The predicted octanol–water partition coefficient (Wildman–Crippen LogP) is 2.68. The lowest BCUT2D eigenvalue weighted by Crippen LogP contribution is -2.16. The highest BCUT2D eigenvalue weighted by atomic mass is 32.2. The van der Waals surface area contributed by atoms with E-state index in [-0.39, 0.29) is 21.7 Å². The number of methoxy groups -OCH3 is 2. The fourth-order valence-electron chi connectivity index (χ4n) is 2.36. The molecule has 0 unspecified atom stereocenters. The zero-order chi connectivity index (χ0) is 19.5. The SMILES string of the molecule is COC(=O)c1cc(NS(=O)(=O)c2cc(C)ccc2C)cc(C(=O)OC)c1. The van der Waals surface area contributed by atoms with Crippen molar-refractivity contribution in [2.24, 2.45) is 0 Å². The van der Waals surface area contributed by atoms with Crippen LogP contribution in [0.5, 0.6) is 0 Å². The van der Waals surface area contributed by atoms with Crippen LogP contribution in [0.1, 0.15) is 31.8 Å². The number of nitrogens with one attached hydrogen (secondary N) is 1. The molecule has 0 saturated carbocycles. The second-order valence-corrected chi connectivity index (χ2v) is 7.31. The van der Waals surface area contributed by atoms with Crippen LogP contribution in [0.25, 0.3) is 0 Å². The van der Waals surface area contributed by atoms with Gasteiger partial charge in [-0.25, -0.2) is 18.0 Å². The fourth-order valence-corrected chi connectivity index (χ4v) is 3.74. The Balaban J connectivity index is 2.52. The van der Waals surface area contributed by atoms with E-state index in [1.54, 1.807) is 26.0 Å². The summed E-state index contributed by atoms with van der Waals surface area (Å²) in [5, 5.41) is 0. The van der Waals surface area contributed by atoms with Crippen molar-refractivity contribution >= 4 is 27.6 Å². The molecule has 138 valence electrons. The lowest BCUT2D eigenvalue weighted by Gasteiger charge is -2.13. The molecule has 0 aromatic heterocycles. The van der Waals surface area contributed by atoms with E-state index in [2.05, 4.69) is 14.2 Å². The van der Waals surface area contributed by atoms with Crippen LogP contribution in [0.15, 0.2) is 41.3 Å². The van der Waals surface area contributed by atoms with E-state index >= 15 is 0 Å². The normalized spacial score (nSPS) is 10.9. The maximum Gasteiger partial charge on any atom is 0.337 e. The molecule has 2 aromatic rings. The van der Waals surface area contributed by atoms with Crippen molar-refractivity contribution in [3.8, 4) is 0 Å². The monoisotopic (exact) mass is 377 g/mol. The van der Waals surface area contributed by atoms with E-state index in [1.165, 1.54) is 32.4 Å². The van der Waals surface area contributed by atoms with Crippen molar-refractivity contribution in [1.29, 1.82) is 0 Å². The molecule has 0 bridgehead atoms. The number of esters is 2. The molecule has 0 amide bonds. The summed E-state index contributed by atoms with van der Waals surface area (Å²) < 4.78 is 37.1. The third kappa shape index (κ3) is 4.20. The van der Waals surface area contributed by atoms with E-state index in [1.807, 2.05) is 6.07 Å². The van der Waals surface area contributed by atoms with Crippen molar-refractivity contribution in [3.63, 3.8) is 0 Å². The van der Waals surface area contributed by atoms with Gasteiger partial charge in [0.2, 0.25) is 0 Å². The van der Waals surface area contributed by atoms with Crippen molar-refractivity contribution in [1.82, 2.24) is 0 Å². The minimum Gasteiger partial charge on any atom is -0.465 e. The molecule has 0 fully saturated rings. The van der Waals surface area contributed by atoms with Gasteiger partial charge in [-0.15, -0.1) is 0 Å². The Morgan fingerprint density at radius 1 is 0.885 bits per heavy atom. The van der Waals surface area contributed by atoms with E-state index < -0.39 is 22.0 Å². The molecule has 0 aliphatic heterocycles. The number of ether oxygens (including phenoxy) is 2. The number of sulfonamides is 1. The number of carbonyl (C=O) groups excluding carboxylic acids is 2. The molecule has 0 aliphatic rings. The second kappa shape index (κ2) is 7.57. The van der Waals surface area contributed by atoms with Gasteiger partial charge in [0.05, 0.1) is 35.9 Å². The van der Waals surface area contributed by atoms with Crippen LogP contribution >= 0.6 is 0 Å². The van der Waals surface area contributed by atoms with E-state index in [0.29, 0.717) is 5.56 Å². The van der Waals surface area contributed by atoms with Crippen LogP contribution in [0.3, 0.4) is 0 Å². The second-order valence-electron chi connectivity index (χ2n) is 5.66. The molecule has 2 rings (SSSR count). The van der Waals surface area contributed by atoms with E-state index in [9.17, 15) is 18.0 Å². The smallest absolute Gasteiger partial charge is 0.337 e. The molecule has 0 aliphatic carbocycles. The van der Waals surface area contributed by atoms with Crippen LogP contribution in [-0.2, 0) is 19.5 Å². The van der Waals surface area contributed by atoms with Crippen LogP contribution in [0.2, 0.25) is 0 Å². The van der Waals surface area contributed by atoms with Gasteiger partial charge in [0.15, 0.2) is 0 Å². The molecule has 0 saturated heterocycles. The summed E-state index contributed by atoms with van der Waals surface area (Å²) in [6, 6.07) is 8.91. The largest absolute Gasteiger partial charge is 0.465 e. The van der Waals surface area contributed by atoms with Gasteiger partial charge in [0.25, 0.3) is 10.0 Å². The van der Waals surface area contributed by atoms with E-state index in [4.69, 9.17) is 0 Å². The molecule has 0 heterocycles. The van der Waals surface area contributed by atoms with Gasteiger partial charge in [0, 0.05) is 0 Å². The minimum absolute atomic E-state index is 0.0223. The van der Waals surface area contributed by atoms with Crippen molar-refractivity contribution in [3.05, 3.63) is 58.7 Å². The summed E-state index contributed by atoms with van der Waals surface area (Å²) in [6.07, 6.45) is 0. The van der Waals surface area contributed by atoms with Crippen LogP contribution < -0.4 is 4.72 Å². The number of hydrogen-bond acceptors (Lipinski definition) is 6. The molecular weight excluding hydrogens is 358 g/mol. The molecular formula is C18H19NO6S. The number of rotatable bonds is 5. The first kappa shape index (κ1) is 19.5. The zero-order valence-electron chi connectivity index (χ0n) is 14.8. The van der Waals surface area contributed by atoms with Gasteiger partial charge in [-0.3, -0.25) is 4.72 Å². The van der Waals surface area contributed by atoms with E-state index in [0.717, 1.165) is 5.56 Å². The van der Waals surface area contributed by atoms with Gasteiger partial charge in [-0.2, -0.15) is 0 Å². The number of anilines is 1. The summed E-state index contributed by atoms with van der Waals surface area (Å²) in [7, 11) is -1.54. The Hall–Kier alpha value is -2.87. The average molecular weight is 377 g/mol. The van der Waals surface area contributed by atoms with Crippen LogP contribution in [0.4, 0.5) is 5.69 Å². The van der Waals surface area contributed by atoms with Crippen molar-refractivity contribution in [2.45, 2.75) is 18.7 Å². The van der Waals surface area contributed by atoms with Crippen molar-refractivity contribution in [2.75, 3.05) is 18.9 Å². The van der Waals surface area contributed by atoms with Gasteiger partial charge in [-0.1, -0.05) is 12.1 Å². The topological polar surface area (TPSA) is 98.8 Å². The molecule has 26 heavy (non-hydrogen) atoms. The molecule has 0 radical (unpaired) electrons. The average Bonchev–Trinajstić information content (AvgIpc) is 2.61. The first-order valence-electron chi connectivity index (χ1n) is 7.59. The Labute approximate surface area is 152 Å². The molecule has 7 nitrogen and oxygen atoms in total. The Morgan fingerprint density at radius 3 is 1.92 bits per heavy atom. The standard InChI is InChI=1S/C18H19NO6S/c1-11-5-6-12(2)16(7-11)26(22,23)19-15-9-13(17(20)24-3)8-14(10-15)18(21)25-4/h5-10,19H,1-4H3. The number of benzene rings is 2. The summed E-state index contributed by atoms with van der Waals surface area (Å²) >= 11 is 0. The number of hydrogen-bond donors (Lipinski definition) is 1. The zero-order valence-corrected chi connectivity index (χ0v) is 15.6. The van der Waals surface area contributed by atoms with Crippen molar-refractivity contribution < 1.29 is 27.5 Å². The Bertz CT molecular complexity index is 931. The Morgan fingerprint density at radius 2 is 1.42 bits per heavy atom. The third-order valence-electron chi connectivity index (χ3n) is 3.66. The highest BCUT2D eigenvalue weighted by Gasteiger charge is 2.20. The van der Waals surface area contributed by atoms with Crippen LogP contribution in [-0.4, -0.2) is 34.6 Å². The molecule has 0 spiro atoms. The lowest BCUT2D eigenvalue weighted by molar-refractivity contribution is 0.0599. The fraction of sp³-hybridized carbons (Fsp3) is 0.222. The first-order valence-corrected chi connectivity index (χ1v) is 9.08.